The molecule has 11 heteroatoms. The molecule has 1 aliphatic heterocycles. The Morgan fingerprint density at radius 2 is 1.12 bits per heavy atom. The molecule has 1 heterocycles. The molecule has 0 saturated carbocycles. The van der Waals surface area contributed by atoms with E-state index < -0.39 is 11.9 Å². The van der Waals surface area contributed by atoms with Gasteiger partial charge >= 0.3 is 11.9 Å². The van der Waals surface area contributed by atoms with E-state index in [1.165, 1.54) is 19.1 Å². The third-order valence-electron chi connectivity index (χ3n) is 4.47. The molecule has 0 aliphatic carbocycles. The number of ether oxygens (including phenoxy) is 8. The molecule has 186 valence electrons. The van der Waals surface area contributed by atoms with Crippen LogP contribution in [0, 0.1) is 0 Å². The highest BCUT2D eigenvalue weighted by atomic mass is 16.6. The lowest BCUT2D eigenvalue weighted by atomic mass is 10.2. The third-order valence-corrected chi connectivity index (χ3v) is 4.47. The van der Waals surface area contributed by atoms with E-state index in [1.54, 1.807) is 18.2 Å². The molecular weight excluding hydrogens is 438 g/mol. The van der Waals surface area contributed by atoms with Crippen LogP contribution in [0.2, 0.25) is 0 Å². The van der Waals surface area contributed by atoms with E-state index in [4.69, 9.17) is 37.9 Å². The maximum Gasteiger partial charge on any atom is 0.325 e. The largest absolute Gasteiger partial charge is 0.487 e. The molecule has 0 amide bonds. The van der Waals surface area contributed by atoms with Crippen molar-refractivity contribution in [3.05, 3.63) is 18.2 Å². The van der Waals surface area contributed by atoms with Crippen molar-refractivity contribution in [1.29, 1.82) is 0 Å². The molecule has 0 atom stereocenters. The average molecular weight is 472 g/mol. The minimum absolute atomic E-state index is 0.135. The molecule has 1 aromatic carbocycles. The highest BCUT2D eigenvalue weighted by Gasteiger charge is 2.18. The van der Waals surface area contributed by atoms with Gasteiger partial charge in [0.1, 0.15) is 26.3 Å². The second-order valence-electron chi connectivity index (χ2n) is 6.79. The molecule has 0 spiro atoms. The number of rotatable bonds is 5. The molecule has 11 nitrogen and oxygen atoms in total. The summed E-state index contributed by atoms with van der Waals surface area (Å²) in [6, 6.07) is 5.13. The third kappa shape index (κ3) is 10.7. The van der Waals surface area contributed by atoms with Gasteiger partial charge < -0.3 is 42.8 Å². The average Bonchev–Trinajstić information content (AvgIpc) is 2.83. The first-order valence-electron chi connectivity index (χ1n) is 10.7. The molecule has 0 N–H and O–H groups in total. The smallest absolute Gasteiger partial charge is 0.325 e. The van der Waals surface area contributed by atoms with Crippen LogP contribution in [0.5, 0.6) is 11.5 Å². The topological polar surface area (TPSA) is 111 Å². The van der Waals surface area contributed by atoms with Crippen LogP contribution in [0.15, 0.2) is 18.2 Å². The Labute approximate surface area is 193 Å². The Balaban J connectivity index is 2.12. The molecular formula is C22H33NO10. The van der Waals surface area contributed by atoms with Crippen molar-refractivity contribution in [2.24, 2.45) is 0 Å². The zero-order chi connectivity index (χ0) is 23.7. The lowest BCUT2D eigenvalue weighted by Crippen LogP contribution is -2.35. The van der Waals surface area contributed by atoms with E-state index in [2.05, 4.69) is 0 Å². The van der Waals surface area contributed by atoms with E-state index in [9.17, 15) is 9.59 Å². The maximum atomic E-state index is 11.8. The first kappa shape index (κ1) is 26.7. The summed E-state index contributed by atoms with van der Waals surface area (Å²) in [4.78, 5) is 25.2. The second kappa shape index (κ2) is 16.1. The molecule has 0 bridgehead atoms. The summed E-state index contributed by atoms with van der Waals surface area (Å²) >= 11 is 0. The van der Waals surface area contributed by atoms with Gasteiger partial charge in [-0.05, 0) is 12.1 Å². The highest BCUT2D eigenvalue weighted by molar-refractivity contribution is 5.81. The van der Waals surface area contributed by atoms with Crippen LogP contribution in [0.3, 0.4) is 0 Å². The summed E-state index contributed by atoms with van der Waals surface area (Å²) in [5, 5.41) is 0. The van der Waals surface area contributed by atoms with Crippen molar-refractivity contribution >= 4 is 17.6 Å². The number of carbonyl (C=O) groups is 2. The number of fused-ring (bicyclic) bond motifs is 1. The summed E-state index contributed by atoms with van der Waals surface area (Å²) in [5.41, 5.74) is 0.568. The summed E-state index contributed by atoms with van der Waals surface area (Å²) in [5.74, 6) is -0.0473. The Bertz CT molecular complexity index is 696. The molecule has 0 unspecified atom stereocenters. The van der Waals surface area contributed by atoms with E-state index >= 15 is 0 Å². The van der Waals surface area contributed by atoms with Crippen molar-refractivity contribution in [3.63, 3.8) is 0 Å². The van der Waals surface area contributed by atoms with Crippen LogP contribution in [-0.4, -0.2) is 105 Å². The predicted octanol–water partition coefficient (Wildman–Crippen LogP) is 0.677. The van der Waals surface area contributed by atoms with Crippen LogP contribution in [0.25, 0.3) is 0 Å². The van der Waals surface area contributed by atoms with Crippen molar-refractivity contribution in [3.8, 4) is 11.5 Å². The van der Waals surface area contributed by atoms with Crippen molar-refractivity contribution < 1.29 is 47.5 Å². The summed E-state index contributed by atoms with van der Waals surface area (Å²) in [7, 11) is 2.57. The molecule has 33 heavy (non-hydrogen) atoms. The van der Waals surface area contributed by atoms with Gasteiger partial charge in [-0.15, -0.1) is 0 Å². The number of methoxy groups -OCH3 is 2. The van der Waals surface area contributed by atoms with Gasteiger partial charge in [-0.25, -0.2) is 0 Å². The molecule has 0 saturated heterocycles. The van der Waals surface area contributed by atoms with Gasteiger partial charge in [0.05, 0.1) is 67.1 Å². The second-order valence-corrected chi connectivity index (χ2v) is 6.79. The number of hydrogen-bond acceptors (Lipinski definition) is 11. The fraction of sp³-hybridized carbons (Fsp3) is 0.636. The summed E-state index contributed by atoms with van der Waals surface area (Å²) in [6.45, 7) is 3.84. The van der Waals surface area contributed by atoms with Crippen molar-refractivity contribution in [2.75, 3.05) is 98.3 Å². The fourth-order valence-corrected chi connectivity index (χ4v) is 2.79. The van der Waals surface area contributed by atoms with Crippen LogP contribution in [0.4, 0.5) is 5.69 Å². The quantitative estimate of drug-likeness (QED) is 0.565. The zero-order valence-electron chi connectivity index (χ0n) is 19.2. The summed E-state index contributed by atoms with van der Waals surface area (Å²) in [6.07, 6.45) is 0. The number of carbonyl (C=O) groups excluding carboxylic acids is 2. The Morgan fingerprint density at radius 1 is 0.697 bits per heavy atom. The van der Waals surface area contributed by atoms with Crippen LogP contribution in [0.1, 0.15) is 0 Å². The maximum absolute atomic E-state index is 11.8. The number of nitrogens with zero attached hydrogens (tertiary/aromatic N) is 1. The van der Waals surface area contributed by atoms with E-state index in [0.717, 1.165) is 0 Å². The minimum Gasteiger partial charge on any atom is -0.487 e. The van der Waals surface area contributed by atoms with Crippen molar-refractivity contribution in [2.45, 2.75) is 0 Å². The van der Waals surface area contributed by atoms with Crippen LogP contribution in [-0.2, 0) is 38.0 Å². The van der Waals surface area contributed by atoms with Gasteiger partial charge in [0, 0.05) is 11.8 Å². The molecule has 1 aromatic rings. The Hall–Kier alpha value is -2.60. The van der Waals surface area contributed by atoms with Gasteiger partial charge in [-0.1, -0.05) is 0 Å². The van der Waals surface area contributed by atoms with Gasteiger partial charge in [0.15, 0.2) is 11.5 Å². The number of esters is 2. The van der Waals surface area contributed by atoms with Gasteiger partial charge in [-0.3, -0.25) is 9.59 Å². The van der Waals surface area contributed by atoms with Gasteiger partial charge in [0.25, 0.3) is 0 Å². The predicted molar refractivity (Wildman–Crippen MR) is 117 cm³/mol. The summed E-state index contributed by atoms with van der Waals surface area (Å²) < 4.78 is 43.1. The number of benzene rings is 1. The Morgan fingerprint density at radius 3 is 1.58 bits per heavy atom. The molecule has 2 rings (SSSR count). The lowest BCUT2D eigenvalue weighted by Gasteiger charge is -2.23. The van der Waals surface area contributed by atoms with E-state index in [0.29, 0.717) is 76.6 Å². The zero-order valence-corrected chi connectivity index (χ0v) is 19.2. The molecule has 0 aromatic heterocycles. The fourth-order valence-electron chi connectivity index (χ4n) is 2.79. The van der Waals surface area contributed by atoms with Crippen molar-refractivity contribution in [1.82, 2.24) is 0 Å². The number of anilines is 1. The lowest BCUT2D eigenvalue weighted by molar-refractivity contribution is -0.140. The SMILES string of the molecule is COC(=O)CN(CC(=O)OC)c1ccc2c(c1)OCCOCCOCCOCCOCCO2. The van der Waals surface area contributed by atoms with E-state index in [1.807, 2.05) is 0 Å². The molecule has 1 aliphatic rings. The highest BCUT2D eigenvalue weighted by Crippen LogP contribution is 2.32. The van der Waals surface area contributed by atoms with E-state index in [-0.39, 0.29) is 19.7 Å². The molecule has 0 fully saturated rings. The molecule has 0 radical (unpaired) electrons. The Kier molecular flexibility index (Phi) is 13.0. The van der Waals surface area contributed by atoms with Crippen LogP contribution >= 0.6 is 0 Å². The van der Waals surface area contributed by atoms with Crippen LogP contribution < -0.4 is 14.4 Å². The van der Waals surface area contributed by atoms with Gasteiger partial charge in [0.2, 0.25) is 0 Å². The first-order chi connectivity index (χ1) is 16.1. The first-order valence-corrected chi connectivity index (χ1v) is 10.7. The normalized spacial score (nSPS) is 16.7. The minimum atomic E-state index is -0.494. The number of hydrogen-bond donors (Lipinski definition) is 0. The van der Waals surface area contributed by atoms with Gasteiger partial charge in [-0.2, -0.15) is 0 Å². The monoisotopic (exact) mass is 471 g/mol. The standard InChI is InChI=1S/C22H33NO10/c1-26-21(24)16-23(17-22(25)27-2)18-3-4-19-20(15-18)33-14-12-31-10-8-29-6-5-28-7-9-30-11-13-32-19/h3-4,15H,5-14,16-17H2,1-2H3.